The Morgan fingerprint density at radius 3 is 3.06 bits per heavy atom. The molecular formula is C11H8N6S. The molecule has 0 radical (unpaired) electrons. The van der Waals surface area contributed by atoms with Crippen molar-refractivity contribution in [2.45, 2.75) is 0 Å². The first-order valence-electron chi connectivity index (χ1n) is 5.40. The third-order valence-corrected chi connectivity index (χ3v) is 3.67. The van der Waals surface area contributed by atoms with Gasteiger partial charge in [-0.1, -0.05) is 0 Å². The number of hydrogen-bond donors (Lipinski definition) is 0. The summed E-state index contributed by atoms with van der Waals surface area (Å²) in [6, 6.07) is 3.91. The molecule has 4 aromatic rings. The van der Waals surface area contributed by atoms with E-state index in [0.29, 0.717) is 5.82 Å². The van der Waals surface area contributed by atoms with Crippen LogP contribution < -0.4 is 0 Å². The second-order valence-electron chi connectivity index (χ2n) is 3.93. The fraction of sp³-hybridized carbons (Fsp3) is 0.0909. The van der Waals surface area contributed by atoms with Crippen LogP contribution in [0.25, 0.3) is 27.4 Å². The van der Waals surface area contributed by atoms with Crippen molar-refractivity contribution in [3.8, 4) is 11.5 Å². The number of rotatable bonds is 1. The second-order valence-corrected chi connectivity index (χ2v) is 4.82. The van der Waals surface area contributed by atoms with Crippen molar-refractivity contribution >= 4 is 27.2 Å². The number of thiophene rings is 1. The van der Waals surface area contributed by atoms with Gasteiger partial charge in [0, 0.05) is 13.2 Å². The van der Waals surface area contributed by atoms with Crippen LogP contribution in [0, 0.1) is 0 Å². The minimum atomic E-state index is 0.663. The highest BCUT2D eigenvalue weighted by atomic mass is 32.1. The lowest BCUT2D eigenvalue weighted by Crippen LogP contribution is -1.95. The molecule has 0 N–H and O–H groups in total. The van der Waals surface area contributed by atoms with E-state index >= 15 is 0 Å². The van der Waals surface area contributed by atoms with Crippen molar-refractivity contribution in [2.24, 2.45) is 7.05 Å². The maximum Gasteiger partial charge on any atom is 0.200 e. The number of hydrogen-bond acceptors (Lipinski definition) is 5. The van der Waals surface area contributed by atoms with E-state index in [9.17, 15) is 0 Å². The molecule has 0 atom stereocenters. The van der Waals surface area contributed by atoms with E-state index < -0.39 is 0 Å². The molecule has 0 aliphatic carbocycles. The van der Waals surface area contributed by atoms with E-state index in [-0.39, 0.29) is 0 Å². The SMILES string of the molecule is Cn1nccc1-c1nc2c3ccsc3ncn2n1. The van der Waals surface area contributed by atoms with Gasteiger partial charge in [-0.3, -0.25) is 4.68 Å². The predicted molar refractivity (Wildman–Crippen MR) is 68.4 cm³/mol. The summed E-state index contributed by atoms with van der Waals surface area (Å²) in [4.78, 5) is 9.90. The monoisotopic (exact) mass is 256 g/mol. The lowest BCUT2D eigenvalue weighted by molar-refractivity contribution is 0.769. The average molecular weight is 256 g/mol. The molecule has 0 aromatic carbocycles. The van der Waals surface area contributed by atoms with Gasteiger partial charge in [0.2, 0.25) is 0 Å². The number of aryl methyl sites for hydroxylation is 1. The summed E-state index contributed by atoms with van der Waals surface area (Å²) >= 11 is 1.60. The zero-order valence-corrected chi connectivity index (χ0v) is 10.3. The molecule has 4 aromatic heterocycles. The first-order valence-corrected chi connectivity index (χ1v) is 6.28. The van der Waals surface area contributed by atoms with Crippen molar-refractivity contribution in [3.63, 3.8) is 0 Å². The van der Waals surface area contributed by atoms with E-state index in [0.717, 1.165) is 21.6 Å². The van der Waals surface area contributed by atoms with Crippen molar-refractivity contribution in [1.82, 2.24) is 29.4 Å². The van der Waals surface area contributed by atoms with E-state index in [1.54, 1.807) is 33.1 Å². The largest absolute Gasteiger partial charge is 0.265 e. The van der Waals surface area contributed by atoms with Crippen molar-refractivity contribution < 1.29 is 0 Å². The minimum absolute atomic E-state index is 0.663. The molecular weight excluding hydrogens is 248 g/mol. The fourth-order valence-corrected chi connectivity index (χ4v) is 2.70. The van der Waals surface area contributed by atoms with Crippen LogP contribution in [-0.4, -0.2) is 29.4 Å². The summed E-state index contributed by atoms with van der Waals surface area (Å²) in [6.45, 7) is 0. The number of nitrogens with zero attached hydrogens (tertiary/aromatic N) is 6. The van der Waals surface area contributed by atoms with Crippen LogP contribution in [0.1, 0.15) is 0 Å². The van der Waals surface area contributed by atoms with Crippen molar-refractivity contribution in [1.29, 1.82) is 0 Å². The Bertz CT molecular complexity index is 855. The second kappa shape index (κ2) is 3.36. The van der Waals surface area contributed by atoms with Gasteiger partial charge < -0.3 is 0 Å². The van der Waals surface area contributed by atoms with E-state index in [2.05, 4.69) is 20.2 Å². The summed E-state index contributed by atoms with van der Waals surface area (Å²) in [6.07, 6.45) is 3.43. The molecule has 0 fully saturated rings. The van der Waals surface area contributed by atoms with Crippen LogP contribution in [0.3, 0.4) is 0 Å². The van der Waals surface area contributed by atoms with Gasteiger partial charge in [-0.05, 0) is 17.5 Å². The Labute approximate surface area is 106 Å². The first kappa shape index (κ1) is 9.72. The van der Waals surface area contributed by atoms with Gasteiger partial charge in [0.05, 0.1) is 5.39 Å². The predicted octanol–water partition coefficient (Wildman–Crippen LogP) is 1.74. The Hall–Kier alpha value is -2.28. The van der Waals surface area contributed by atoms with Gasteiger partial charge in [-0.2, -0.15) is 5.10 Å². The highest BCUT2D eigenvalue weighted by Gasteiger charge is 2.12. The first-order chi connectivity index (χ1) is 8.83. The van der Waals surface area contributed by atoms with Crippen LogP contribution in [0.5, 0.6) is 0 Å². The highest BCUT2D eigenvalue weighted by molar-refractivity contribution is 7.16. The van der Waals surface area contributed by atoms with Gasteiger partial charge in [0.15, 0.2) is 11.5 Å². The molecule has 6 nitrogen and oxygen atoms in total. The average Bonchev–Trinajstić information content (AvgIpc) is 3.04. The van der Waals surface area contributed by atoms with Crippen LogP contribution in [0.4, 0.5) is 0 Å². The zero-order valence-electron chi connectivity index (χ0n) is 9.48. The summed E-state index contributed by atoms with van der Waals surface area (Å²) in [5, 5.41) is 11.6. The molecule has 0 spiro atoms. The Balaban J connectivity index is 2.07. The quantitative estimate of drug-likeness (QED) is 0.520. The van der Waals surface area contributed by atoms with Gasteiger partial charge >= 0.3 is 0 Å². The standard InChI is InChI=1S/C11H8N6S/c1-16-8(2-4-13-16)9-14-10-7-3-5-18-11(7)12-6-17(10)15-9/h2-6H,1H3. The molecule has 0 aliphatic heterocycles. The number of fused-ring (bicyclic) bond motifs is 3. The molecule has 88 valence electrons. The van der Waals surface area contributed by atoms with Gasteiger partial charge in [0.1, 0.15) is 16.9 Å². The fourth-order valence-electron chi connectivity index (χ4n) is 1.97. The minimum Gasteiger partial charge on any atom is -0.265 e. The molecule has 0 amide bonds. The summed E-state index contributed by atoms with van der Waals surface area (Å²) in [5.41, 5.74) is 1.72. The molecule has 0 aliphatic rings. The van der Waals surface area contributed by atoms with E-state index in [4.69, 9.17) is 0 Å². The molecule has 7 heteroatoms. The lowest BCUT2D eigenvalue weighted by Gasteiger charge is -1.93. The van der Waals surface area contributed by atoms with Gasteiger partial charge in [-0.15, -0.1) is 16.4 Å². The molecule has 0 bridgehead atoms. The molecule has 18 heavy (non-hydrogen) atoms. The topological polar surface area (TPSA) is 60.9 Å². The van der Waals surface area contributed by atoms with Gasteiger partial charge in [-0.25, -0.2) is 14.5 Å². The lowest BCUT2D eigenvalue weighted by atomic mass is 10.4. The van der Waals surface area contributed by atoms with Crippen LogP contribution >= 0.6 is 11.3 Å². The molecule has 4 rings (SSSR count). The summed E-state index contributed by atoms with van der Waals surface area (Å²) in [5.74, 6) is 0.663. The van der Waals surface area contributed by atoms with E-state index in [1.165, 1.54) is 0 Å². The number of aromatic nitrogens is 6. The van der Waals surface area contributed by atoms with Crippen molar-refractivity contribution in [3.05, 3.63) is 30.0 Å². The maximum absolute atomic E-state index is 4.57. The molecule has 0 saturated carbocycles. The van der Waals surface area contributed by atoms with Gasteiger partial charge in [0.25, 0.3) is 0 Å². The smallest absolute Gasteiger partial charge is 0.200 e. The third kappa shape index (κ3) is 1.22. The summed E-state index contributed by atoms with van der Waals surface area (Å²) in [7, 11) is 1.87. The molecule has 0 unspecified atom stereocenters. The normalized spacial score (nSPS) is 11.6. The van der Waals surface area contributed by atoms with Crippen molar-refractivity contribution in [2.75, 3.05) is 0 Å². The Morgan fingerprint density at radius 1 is 1.28 bits per heavy atom. The van der Waals surface area contributed by atoms with Crippen LogP contribution in [0.2, 0.25) is 0 Å². The van der Waals surface area contributed by atoms with E-state index in [1.807, 2.05) is 24.6 Å². The van der Waals surface area contributed by atoms with Crippen LogP contribution in [0.15, 0.2) is 30.0 Å². The molecule has 0 saturated heterocycles. The maximum atomic E-state index is 4.57. The summed E-state index contributed by atoms with van der Waals surface area (Å²) < 4.78 is 3.46. The third-order valence-electron chi connectivity index (χ3n) is 2.85. The molecule has 4 heterocycles. The Morgan fingerprint density at radius 2 is 2.22 bits per heavy atom. The zero-order chi connectivity index (χ0) is 12.1. The van der Waals surface area contributed by atoms with Crippen LogP contribution in [-0.2, 0) is 7.05 Å². The highest BCUT2D eigenvalue weighted by Crippen LogP contribution is 2.23. The Kier molecular flexibility index (Phi) is 1.81.